The second-order valence-electron chi connectivity index (χ2n) is 3.06. The van der Waals surface area contributed by atoms with Gasteiger partial charge in [0.2, 0.25) is 0 Å². The maximum Gasteiger partial charge on any atom is 0.311 e. The second kappa shape index (κ2) is 7.32. The fourth-order valence-electron chi connectivity index (χ4n) is 0.879. The molecule has 0 saturated heterocycles. The minimum Gasteiger partial charge on any atom is -0.395 e. The van der Waals surface area contributed by atoms with Crippen molar-refractivity contribution in [2.45, 2.75) is 19.8 Å². The first kappa shape index (κ1) is 12.9. The van der Waals surface area contributed by atoms with E-state index < -0.39 is 11.8 Å². The smallest absolute Gasteiger partial charge is 0.311 e. The average Bonchev–Trinajstić information content (AvgIpc) is 2.17. The van der Waals surface area contributed by atoms with Gasteiger partial charge in [-0.1, -0.05) is 13.3 Å². The largest absolute Gasteiger partial charge is 0.395 e. The zero-order chi connectivity index (χ0) is 11.0. The quantitative estimate of drug-likeness (QED) is 0.460. The summed E-state index contributed by atoms with van der Waals surface area (Å²) in [4.78, 5) is 23.6. The van der Waals surface area contributed by atoms with Crippen LogP contribution in [0.1, 0.15) is 19.8 Å². The minimum absolute atomic E-state index is 0.134. The highest BCUT2D eigenvalue weighted by Gasteiger charge is 2.16. The number of hydrogen-bond acceptors (Lipinski definition) is 3. The summed E-state index contributed by atoms with van der Waals surface area (Å²) in [6, 6.07) is 0. The Morgan fingerprint density at radius 3 is 2.57 bits per heavy atom. The van der Waals surface area contributed by atoms with E-state index in [4.69, 9.17) is 5.11 Å². The summed E-state index contributed by atoms with van der Waals surface area (Å²) < 4.78 is 0. The number of likely N-dealkylation sites (N-methyl/N-ethyl adjacent to an activating group) is 1. The molecule has 82 valence electrons. The third-order valence-electron chi connectivity index (χ3n) is 1.79. The first-order chi connectivity index (χ1) is 6.63. The number of rotatable bonds is 5. The molecule has 2 N–H and O–H groups in total. The van der Waals surface area contributed by atoms with Gasteiger partial charge in [0.15, 0.2) is 0 Å². The van der Waals surface area contributed by atoms with Crippen LogP contribution in [-0.4, -0.2) is 48.6 Å². The molecule has 0 radical (unpaired) electrons. The van der Waals surface area contributed by atoms with E-state index in [1.54, 1.807) is 0 Å². The molecule has 5 nitrogen and oxygen atoms in total. The molecular formula is C9H18N2O3. The van der Waals surface area contributed by atoms with Crippen molar-refractivity contribution in [3.05, 3.63) is 0 Å². The zero-order valence-corrected chi connectivity index (χ0v) is 8.75. The van der Waals surface area contributed by atoms with Gasteiger partial charge in [0.1, 0.15) is 0 Å². The Balaban J connectivity index is 3.81. The standard InChI is InChI=1S/C9H18N2O3/c1-3-4-5-10-8(13)9(14)11(2)6-7-12/h12H,3-7H2,1-2H3,(H,10,13). The Bertz CT molecular complexity index is 194. The fourth-order valence-corrected chi connectivity index (χ4v) is 0.879. The molecule has 0 aromatic carbocycles. The van der Waals surface area contributed by atoms with E-state index in [0.29, 0.717) is 6.54 Å². The van der Waals surface area contributed by atoms with Crippen molar-refractivity contribution in [3.8, 4) is 0 Å². The lowest BCUT2D eigenvalue weighted by Gasteiger charge is -2.14. The molecule has 0 heterocycles. The van der Waals surface area contributed by atoms with Crippen molar-refractivity contribution in [1.82, 2.24) is 10.2 Å². The van der Waals surface area contributed by atoms with Crippen molar-refractivity contribution in [2.24, 2.45) is 0 Å². The van der Waals surface area contributed by atoms with Gasteiger partial charge in [0, 0.05) is 20.1 Å². The lowest BCUT2D eigenvalue weighted by molar-refractivity contribution is -0.145. The average molecular weight is 202 g/mol. The molecule has 0 unspecified atom stereocenters. The monoisotopic (exact) mass is 202 g/mol. The summed E-state index contributed by atoms with van der Waals surface area (Å²) in [5.74, 6) is -1.20. The highest BCUT2D eigenvalue weighted by Crippen LogP contribution is 1.86. The summed E-state index contributed by atoms with van der Waals surface area (Å²) in [6.07, 6.45) is 1.84. The molecular weight excluding hydrogens is 184 g/mol. The van der Waals surface area contributed by atoms with Crippen LogP contribution < -0.4 is 5.32 Å². The van der Waals surface area contributed by atoms with Crippen molar-refractivity contribution >= 4 is 11.8 Å². The van der Waals surface area contributed by atoms with Gasteiger partial charge in [0.05, 0.1) is 6.61 Å². The van der Waals surface area contributed by atoms with Crippen LogP contribution in [0.2, 0.25) is 0 Å². The fraction of sp³-hybridized carbons (Fsp3) is 0.778. The van der Waals surface area contributed by atoms with Crippen molar-refractivity contribution < 1.29 is 14.7 Å². The van der Waals surface area contributed by atoms with Crippen LogP contribution in [0.4, 0.5) is 0 Å². The first-order valence-corrected chi connectivity index (χ1v) is 4.77. The summed E-state index contributed by atoms with van der Waals surface area (Å²) >= 11 is 0. The number of carbonyl (C=O) groups is 2. The third kappa shape index (κ3) is 4.81. The second-order valence-corrected chi connectivity index (χ2v) is 3.06. The Morgan fingerprint density at radius 2 is 2.07 bits per heavy atom. The van der Waals surface area contributed by atoms with E-state index in [1.165, 1.54) is 11.9 Å². The molecule has 0 rings (SSSR count). The van der Waals surface area contributed by atoms with Crippen LogP contribution in [0, 0.1) is 0 Å². The summed E-state index contributed by atoms with van der Waals surface area (Å²) in [7, 11) is 1.48. The molecule has 14 heavy (non-hydrogen) atoms. The van der Waals surface area contributed by atoms with E-state index in [-0.39, 0.29) is 13.2 Å². The molecule has 0 aromatic rings. The summed E-state index contributed by atoms with van der Waals surface area (Å²) in [6.45, 7) is 2.57. The Labute approximate surface area is 84.1 Å². The number of unbranched alkanes of at least 4 members (excludes halogenated alkanes) is 1. The van der Waals surface area contributed by atoms with E-state index in [1.807, 2.05) is 6.92 Å². The molecule has 0 atom stereocenters. The minimum atomic E-state index is -0.602. The predicted molar refractivity (Wildman–Crippen MR) is 52.6 cm³/mol. The topological polar surface area (TPSA) is 69.6 Å². The van der Waals surface area contributed by atoms with Crippen LogP contribution in [0.3, 0.4) is 0 Å². The molecule has 5 heteroatoms. The summed E-state index contributed by atoms with van der Waals surface area (Å²) in [5.41, 5.74) is 0. The molecule has 0 spiro atoms. The molecule has 0 bridgehead atoms. The van der Waals surface area contributed by atoms with Gasteiger partial charge in [-0.2, -0.15) is 0 Å². The lowest BCUT2D eigenvalue weighted by atomic mass is 10.3. The highest BCUT2D eigenvalue weighted by atomic mass is 16.3. The lowest BCUT2D eigenvalue weighted by Crippen LogP contribution is -2.42. The number of carbonyl (C=O) groups excluding carboxylic acids is 2. The van der Waals surface area contributed by atoms with Crippen molar-refractivity contribution in [2.75, 3.05) is 26.7 Å². The van der Waals surface area contributed by atoms with Gasteiger partial charge in [0.25, 0.3) is 0 Å². The molecule has 0 aliphatic rings. The predicted octanol–water partition coefficient (Wildman–Crippen LogP) is -0.647. The first-order valence-electron chi connectivity index (χ1n) is 4.77. The van der Waals surface area contributed by atoms with Gasteiger partial charge in [-0.15, -0.1) is 0 Å². The Morgan fingerprint density at radius 1 is 1.43 bits per heavy atom. The maximum absolute atomic E-state index is 11.2. The van der Waals surface area contributed by atoms with E-state index >= 15 is 0 Å². The molecule has 0 aliphatic heterocycles. The Hall–Kier alpha value is -1.10. The van der Waals surface area contributed by atoms with Crippen LogP contribution in [0.25, 0.3) is 0 Å². The van der Waals surface area contributed by atoms with E-state index in [0.717, 1.165) is 12.8 Å². The molecule has 0 fully saturated rings. The number of amides is 2. The van der Waals surface area contributed by atoms with Gasteiger partial charge in [-0.3, -0.25) is 9.59 Å². The van der Waals surface area contributed by atoms with Crippen LogP contribution in [0.5, 0.6) is 0 Å². The highest BCUT2D eigenvalue weighted by molar-refractivity contribution is 6.34. The molecule has 0 aliphatic carbocycles. The molecule has 2 amide bonds. The number of nitrogens with one attached hydrogen (secondary N) is 1. The Kier molecular flexibility index (Phi) is 6.74. The number of aliphatic hydroxyl groups excluding tert-OH is 1. The van der Waals surface area contributed by atoms with Gasteiger partial charge in [-0.05, 0) is 6.42 Å². The number of nitrogens with zero attached hydrogens (tertiary/aromatic N) is 1. The van der Waals surface area contributed by atoms with Gasteiger partial charge >= 0.3 is 11.8 Å². The van der Waals surface area contributed by atoms with Crippen molar-refractivity contribution in [3.63, 3.8) is 0 Å². The van der Waals surface area contributed by atoms with Gasteiger partial charge in [-0.25, -0.2) is 0 Å². The van der Waals surface area contributed by atoms with E-state index in [2.05, 4.69) is 5.32 Å². The van der Waals surface area contributed by atoms with Crippen molar-refractivity contribution in [1.29, 1.82) is 0 Å². The SMILES string of the molecule is CCCCNC(=O)C(=O)N(C)CCO. The maximum atomic E-state index is 11.2. The van der Waals surface area contributed by atoms with Crippen LogP contribution in [-0.2, 0) is 9.59 Å². The van der Waals surface area contributed by atoms with Crippen LogP contribution >= 0.6 is 0 Å². The molecule has 0 aromatic heterocycles. The summed E-state index contributed by atoms with van der Waals surface area (Å²) in [5, 5.41) is 11.1. The third-order valence-corrected chi connectivity index (χ3v) is 1.79. The molecule has 0 saturated carbocycles. The normalized spacial score (nSPS) is 9.64. The van der Waals surface area contributed by atoms with E-state index in [9.17, 15) is 9.59 Å². The van der Waals surface area contributed by atoms with Crippen LogP contribution in [0.15, 0.2) is 0 Å². The zero-order valence-electron chi connectivity index (χ0n) is 8.75. The number of aliphatic hydroxyl groups is 1. The number of hydrogen-bond donors (Lipinski definition) is 2. The van der Waals surface area contributed by atoms with Gasteiger partial charge < -0.3 is 15.3 Å².